The van der Waals surface area contributed by atoms with E-state index in [4.69, 9.17) is 28.7 Å². The fraction of sp³-hybridized carbons (Fsp3) is 0.458. The normalized spacial score (nSPS) is 13.5. The Morgan fingerprint density at radius 2 is 1.35 bits per heavy atom. The van der Waals surface area contributed by atoms with Gasteiger partial charge in [0.15, 0.2) is 5.96 Å². The number of aliphatic imine (C=N–C) groups is 1. The summed E-state index contributed by atoms with van der Waals surface area (Å²) in [5.41, 5.74) is 27.3. The van der Waals surface area contributed by atoms with E-state index in [9.17, 15) is 33.9 Å². The Kier molecular flexibility index (Phi) is 14.1. The number of carbonyl (C=O) groups is 6. The molecule has 16 nitrogen and oxygen atoms in total. The van der Waals surface area contributed by atoms with Gasteiger partial charge in [-0.2, -0.15) is 0 Å². The fourth-order valence-corrected chi connectivity index (χ4v) is 3.48. The van der Waals surface area contributed by atoms with Gasteiger partial charge in [-0.1, -0.05) is 30.3 Å². The van der Waals surface area contributed by atoms with Gasteiger partial charge in [0.1, 0.15) is 18.1 Å². The number of rotatable bonds is 18. The topological polar surface area (TPSA) is 301 Å². The van der Waals surface area contributed by atoms with Crippen LogP contribution in [0.1, 0.15) is 37.7 Å². The first-order chi connectivity index (χ1) is 18.8. The number of nitrogens with zero attached hydrogens (tertiary/aromatic N) is 1. The Balaban J connectivity index is 3.04. The molecule has 4 unspecified atom stereocenters. The second-order valence-corrected chi connectivity index (χ2v) is 8.94. The van der Waals surface area contributed by atoms with Crippen molar-refractivity contribution < 1.29 is 33.9 Å². The van der Waals surface area contributed by atoms with Crippen LogP contribution in [0, 0.1) is 0 Å². The molecule has 0 bridgehead atoms. The van der Waals surface area contributed by atoms with Crippen LogP contribution in [0.5, 0.6) is 0 Å². The van der Waals surface area contributed by atoms with Crippen LogP contribution < -0.4 is 44.6 Å². The van der Waals surface area contributed by atoms with E-state index >= 15 is 0 Å². The van der Waals surface area contributed by atoms with Crippen LogP contribution in [0.4, 0.5) is 0 Å². The number of guanidine groups is 1. The Labute approximate surface area is 230 Å². The van der Waals surface area contributed by atoms with Gasteiger partial charge in [-0.15, -0.1) is 0 Å². The molecular weight excluding hydrogens is 526 g/mol. The van der Waals surface area contributed by atoms with Crippen molar-refractivity contribution >= 4 is 41.5 Å². The maximum atomic E-state index is 13.1. The number of carbonyl (C=O) groups excluding carboxylic acids is 5. The highest BCUT2D eigenvalue weighted by Crippen LogP contribution is 2.06. The predicted molar refractivity (Wildman–Crippen MR) is 144 cm³/mol. The molecule has 4 atom stereocenters. The number of primary amides is 2. The summed E-state index contributed by atoms with van der Waals surface area (Å²) in [7, 11) is 0. The minimum atomic E-state index is -1.55. The smallest absolute Gasteiger partial charge is 0.326 e. The third-order valence-corrected chi connectivity index (χ3v) is 5.55. The summed E-state index contributed by atoms with van der Waals surface area (Å²) in [6, 6.07) is 3.14. The first kappa shape index (κ1) is 33.3. The van der Waals surface area contributed by atoms with Crippen molar-refractivity contribution in [1.29, 1.82) is 0 Å². The number of hydrogen-bond acceptors (Lipinski definition) is 8. The summed E-state index contributed by atoms with van der Waals surface area (Å²) in [5.74, 6) is -5.75. The van der Waals surface area contributed by atoms with E-state index in [0.29, 0.717) is 5.56 Å². The molecule has 220 valence electrons. The maximum absolute atomic E-state index is 13.1. The van der Waals surface area contributed by atoms with E-state index < -0.39 is 66.1 Å². The van der Waals surface area contributed by atoms with Gasteiger partial charge in [0.25, 0.3) is 0 Å². The minimum absolute atomic E-state index is 0.00639. The van der Waals surface area contributed by atoms with Gasteiger partial charge < -0.3 is 49.7 Å². The van der Waals surface area contributed by atoms with Crippen molar-refractivity contribution in [1.82, 2.24) is 16.0 Å². The molecule has 14 N–H and O–H groups in total. The van der Waals surface area contributed by atoms with Crippen LogP contribution in [0.25, 0.3) is 0 Å². The summed E-state index contributed by atoms with van der Waals surface area (Å²) < 4.78 is 0. The van der Waals surface area contributed by atoms with Gasteiger partial charge in [-0.25, -0.2) is 4.79 Å². The summed E-state index contributed by atoms with van der Waals surface area (Å²) in [6.45, 7) is 0.112. The molecule has 40 heavy (non-hydrogen) atoms. The lowest BCUT2D eigenvalue weighted by Crippen LogP contribution is -2.58. The molecule has 1 aromatic carbocycles. The molecule has 0 aliphatic rings. The van der Waals surface area contributed by atoms with Crippen molar-refractivity contribution in [2.45, 2.75) is 62.7 Å². The first-order valence-electron chi connectivity index (χ1n) is 12.4. The SMILES string of the molecule is NC(=O)CCC(N)C(=O)NC(CCCN=C(N)N)C(=O)NC(CC(N)=O)C(=O)NC(Cc1ccccc1)C(=O)O. The molecule has 1 rings (SSSR count). The zero-order chi connectivity index (χ0) is 30.2. The quantitative estimate of drug-likeness (QED) is 0.0478. The lowest BCUT2D eigenvalue weighted by atomic mass is 10.0. The summed E-state index contributed by atoms with van der Waals surface area (Å²) >= 11 is 0. The van der Waals surface area contributed by atoms with Gasteiger partial charge in [-0.3, -0.25) is 29.0 Å². The Bertz CT molecular complexity index is 1080. The van der Waals surface area contributed by atoms with Crippen molar-refractivity contribution in [2.24, 2.45) is 33.7 Å². The number of aliphatic carboxylic acids is 1. The first-order valence-corrected chi connectivity index (χ1v) is 12.4. The number of amides is 5. The number of benzene rings is 1. The van der Waals surface area contributed by atoms with Crippen LogP contribution in [0.3, 0.4) is 0 Å². The number of nitrogens with two attached hydrogens (primary N) is 5. The summed E-state index contributed by atoms with van der Waals surface area (Å²) in [5, 5.41) is 16.7. The van der Waals surface area contributed by atoms with Crippen LogP contribution >= 0.6 is 0 Å². The molecule has 0 aromatic heterocycles. The highest BCUT2D eigenvalue weighted by atomic mass is 16.4. The van der Waals surface area contributed by atoms with E-state index in [2.05, 4.69) is 20.9 Å². The predicted octanol–water partition coefficient (Wildman–Crippen LogP) is -3.71. The zero-order valence-corrected chi connectivity index (χ0v) is 21.9. The second kappa shape index (κ2) is 17.0. The molecule has 0 radical (unpaired) electrons. The van der Waals surface area contributed by atoms with Crippen molar-refractivity contribution in [3.8, 4) is 0 Å². The molecule has 5 amide bonds. The number of nitrogens with one attached hydrogen (secondary N) is 3. The second-order valence-electron chi connectivity index (χ2n) is 8.94. The van der Waals surface area contributed by atoms with Gasteiger partial charge in [0.05, 0.1) is 12.5 Å². The van der Waals surface area contributed by atoms with Crippen LogP contribution in [-0.4, -0.2) is 77.3 Å². The summed E-state index contributed by atoms with van der Waals surface area (Å²) in [6.07, 6.45) is -0.738. The van der Waals surface area contributed by atoms with E-state index in [-0.39, 0.29) is 44.6 Å². The molecule has 0 spiro atoms. The lowest BCUT2D eigenvalue weighted by Gasteiger charge is -2.24. The molecule has 0 fully saturated rings. The molecule has 16 heteroatoms. The number of carboxylic acids is 1. The Morgan fingerprint density at radius 1 is 0.775 bits per heavy atom. The van der Waals surface area contributed by atoms with Gasteiger partial charge in [0.2, 0.25) is 29.5 Å². The van der Waals surface area contributed by atoms with Crippen LogP contribution in [0.15, 0.2) is 35.3 Å². The fourth-order valence-electron chi connectivity index (χ4n) is 3.48. The maximum Gasteiger partial charge on any atom is 0.326 e. The van der Waals surface area contributed by atoms with Crippen LogP contribution in [-0.2, 0) is 35.2 Å². The molecule has 0 saturated carbocycles. The van der Waals surface area contributed by atoms with E-state index in [0.717, 1.165) is 0 Å². The largest absolute Gasteiger partial charge is 0.480 e. The summed E-state index contributed by atoms with van der Waals surface area (Å²) in [4.78, 5) is 76.9. The molecule has 0 heterocycles. The van der Waals surface area contributed by atoms with Gasteiger partial charge in [0, 0.05) is 19.4 Å². The minimum Gasteiger partial charge on any atom is -0.480 e. The zero-order valence-electron chi connectivity index (χ0n) is 21.9. The molecule has 0 saturated heterocycles. The molecular formula is C24H37N9O7. The van der Waals surface area contributed by atoms with Gasteiger partial charge >= 0.3 is 5.97 Å². The van der Waals surface area contributed by atoms with Crippen molar-refractivity contribution in [2.75, 3.05) is 6.54 Å². The lowest BCUT2D eigenvalue weighted by molar-refractivity contribution is -0.142. The monoisotopic (exact) mass is 563 g/mol. The molecule has 0 aliphatic carbocycles. The van der Waals surface area contributed by atoms with Crippen LogP contribution in [0.2, 0.25) is 0 Å². The highest BCUT2D eigenvalue weighted by Gasteiger charge is 2.31. The average Bonchev–Trinajstić information content (AvgIpc) is 2.87. The highest BCUT2D eigenvalue weighted by molar-refractivity contribution is 5.96. The molecule has 1 aromatic rings. The third-order valence-electron chi connectivity index (χ3n) is 5.55. The average molecular weight is 564 g/mol. The number of hydrogen-bond donors (Lipinski definition) is 9. The van der Waals surface area contributed by atoms with E-state index in [1.807, 2.05) is 0 Å². The van der Waals surface area contributed by atoms with E-state index in [1.165, 1.54) is 0 Å². The standard InChI is InChI=1S/C24H37N9O7/c25-14(8-9-18(26)34)20(36)31-15(7-4-10-30-24(28)29)21(37)32-16(12-19(27)35)22(38)33-17(23(39)40)11-13-5-2-1-3-6-13/h1-3,5-6,14-17H,4,7-12,25H2,(H2,26,34)(H2,27,35)(H,31,36)(H,32,37)(H,33,38)(H,39,40)(H4,28,29,30). The van der Waals surface area contributed by atoms with Crippen molar-refractivity contribution in [3.63, 3.8) is 0 Å². The van der Waals surface area contributed by atoms with Gasteiger partial charge in [-0.05, 0) is 24.8 Å². The Morgan fingerprint density at radius 3 is 1.90 bits per heavy atom. The molecule has 0 aliphatic heterocycles. The third kappa shape index (κ3) is 13.2. The van der Waals surface area contributed by atoms with E-state index in [1.54, 1.807) is 30.3 Å². The number of carboxylic acid groups (broad SMARTS) is 1. The Hall–Kier alpha value is -4.73. The van der Waals surface area contributed by atoms with Crippen molar-refractivity contribution in [3.05, 3.63) is 35.9 Å².